The first-order valence-electron chi connectivity index (χ1n) is 7.23. The van der Waals surface area contributed by atoms with E-state index in [1.165, 1.54) is 0 Å². The fourth-order valence-corrected chi connectivity index (χ4v) is 2.50. The van der Waals surface area contributed by atoms with Gasteiger partial charge in [0.2, 0.25) is 0 Å². The summed E-state index contributed by atoms with van der Waals surface area (Å²) in [7, 11) is 0. The summed E-state index contributed by atoms with van der Waals surface area (Å²) < 4.78 is 11.3. The van der Waals surface area contributed by atoms with E-state index in [9.17, 15) is 4.79 Å². The standard InChI is InChI=1S/C19H15ClO3/c20-16-6-9-19(22-13-14-4-2-1-3-5-14)15(10-16)11-17-7-8-18(12-21)23-17/h1-10,12H,11,13H2. The molecule has 0 saturated heterocycles. The maximum Gasteiger partial charge on any atom is 0.185 e. The molecule has 3 aromatic rings. The maximum atomic E-state index is 10.7. The van der Waals surface area contributed by atoms with Crippen molar-refractivity contribution in [1.29, 1.82) is 0 Å². The number of carbonyl (C=O) groups is 1. The normalized spacial score (nSPS) is 10.5. The predicted molar refractivity (Wildman–Crippen MR) is 89.1 cm³/mol. The molecule has 116 valence electrons. The van der Waals surface area contributed by atoms with Gasteiger partial charge in [-0.2, -0.15) is 0 Å². The Kier molecular flexibility index (Phi) is 4.79. The number of hydrogen-bond acceptors (Lipinski definition) is 3. The van der Waals surface area contributed by atoms with Crippen LogP contribution < -0.4 is 4.74 Å². The summed E-state index contributed by atoms with van der Waals surface area (Å²) in [6, 6.07) is 18.9. The van der Waals surface area contributed by atoms with E-state index < -0.39 is 0 Å². The van der Waals surface area contributed by atoms with Crippen molar-refractivity contribution in [3.63, 3.8) is 0 Å². The van der Waals surface area contributed by atoms with Gasteiger partial charge in [0.05, 0.1) is 0 Å². The minimum atomic E-state index is 0.314. The summed E-state index contributed by atoms with van der Waals surface area (Å²) in [6.45, 7) is 0.479. The molecular formula is C19H15ClO3. The molecule has 0 aliphatic carbocycles. The lowest BCUT2D eigenvalue weighted by molar-refractivity contribution is 0.109. The fraction of sp³-hybridized carbons (Fsp3) is 0.105. The Hall–Kier alpha value is -2.52. The van der Waals surface area contributed by atoms with E-state index in [0.29, 0.717) is 35.9 Å². The molecule has 0 amide bonds. The van der Waals surface area contributed by atoms with Gasteiger partial charge in [-0.1, -0.05) is 41.9 Å². The van der Waals surface area contributed by atoms with Gasteiger partial charge in [0.25, 0.3) is 0 Å². The van der Waals surface area contributed by atoms with Crippen molar-refractivity contribution in [1.82, 2.24) is 0 Å². The van der Waals surface area contributed by atoms with Crippen molar-refractivity contribution in [2.75, 3.05) is 0 Å². The second-order valence-corrected chi connectivity index (χ2v) is 5.56. The Morgan fingerprint density at radius 2 is 1.87 bits per heavy atom. The van der Waals surface area contributed by atoms with Gasteiger partial charge >= 0.3 is 0 Å². The number of aldehydes is 1. The molecule has 0 aliphatic heterocycles. The van der Waals surface area contributed by atoms with Gasteiger partial charge < -0.3 is 9.15 Å². The minimum Gasteiger partial charge on any atom is -0.489 e. The molecule has 4 heteroatoms. The lowest BCUT2D eigenvalue weighted by Crippen LogP contribution is -1.99. The molecule has 0 saturated carbocycles. The van der Waals surface area contributed by atoms with Crippen LogP contribution in [0.15, 0.2) is 65.1 Å². The summed E-state index contributed by atoms with van der Waals surface area (Å²) in [5.74, 6) is 1.76. The van der Waals surface area contributed by atoms with Gasteiger partial charge in [-0.05, 0) is 35.9 Å². The highest BCUT2D eigenvalue weighted by Crippen LogP contribution is 2.26. The molecule has 0 N–H and O–H groups in total. The first-order chi connectivity index (χ1) is 11.2. The largest absolute Gasteiger partial charge is 0.489 e. The molecule has 23 heavy (non-hydrogen) atoms. The zero-order valence-electron chi connectivity index (χ0n) is 12.4. The number of hydrogen-bond donors (Lipinski definition) is 0. The predicted octanol–water partition coefficient (Wildman–Crippen LogP) is 4.92. The van der Waals surface area contributed by atoms with Crippen LogP contribution in [-0.2, 0) is 13.0 Å². The number of benzene rings is 2. The highest BCUT2D eigenvalue weighted by Gasteiger charge is 2.09. The topological polar surface area (TPSA) is 39.4 Å². The Morgan fingerprint density at radius 3 is 2.61 bits per heavy atom. The van der Waals surface area contributed by atoms with Crippen LogP contribution in [0.25, 0.3) is 0 Å². The molecule has 0 atom stereocenters. The SMILES string of the molecule is O=Cc1ccc(Cc2cc(Cl)ccc2OCc2ccccc2)o1. The van der Waals surface area contributed by atoms with Crippen molar-refractivity contribution in [3.8, 4) is 5.75 Å². The van der Waals surface area contributed by atoms with E-state index in [-0.39, 0.29) is 0 Å². The quantitative estimate of drug-likeness (QED) is 0.604. The van der Waals surface area contributed by atoms with Crippen LogP contribution in [0, 0.1) is 0 Å². The molecular weight excluding hydrogens is 312 g/mol. The van der Waals surface area contributed by atoms with Crippen LogP contribution in [0.5, 0.6) is 5.75 Å². The highest BCUT2D eigenvalue weighted by atomic mass is 35.5. The average molecular weight is 327 g/mol. The average Bonchev–Trinajstić information content (AvgIpc) is 3.03. The Balaban J connectivity index is 1.78. The van der Waals surface area contributed by atoms with Gasteiger partial charge in [-0.25, -0.2) is 0 Å². The molecule has 0 aliphatic rings. The van der Waals surface area contributed by atoms with Crippen LogP contribution in [0.3, 0.4) is 0 Å². The zero-order valence-corrected chi connectivity index (χ0v) is 13.1. The first-order valence-corrected chi connectivity index (χ1v) is 7.61. The molecule has 2 aromatic carbocycles. The van der Waals surface area contributed by atoms with E-state index in [2.05, 4.69) is 0 Å². The summed E-state index contributed by atoms with van der Waals surface area (Å²) >= 11 is 6.09. The molecule has 3 nitrogen and oxygen atoms in total. The number of halogens is 1. The molecule has 0 bridgehead atoms. The van der Waals surface area contributed by atoms with Crippen LogP contribution >= 0.6 is 11.6 Å². The third-order valence-electron chi connectivity index (χ3n) is 3.42. The van der Waals surface area contributed by atoms with E-state index in [1.807, 2.05) is 42.5 Å². The molecule has 0 spiro atoms. The lowest BCUT2D eigenvalue weighted by Gasteiger charge is -2.11. The van der Waals surface area contributed by atoms with Gasteiger partial charge in [0, 0.05) is 17.0 Å². The smallest absolute Gasteiger partial charge is 0.185 e. The summed E-state index contributed by atoms with van der Waals surface area (Å²) in [4.78, 5) is 10.7. The van der Waals surface area contributed by atoms with Crippen molar-refractivity contribution < 1.29 is 13.9 Å². The molecule has 3 rings (SSSR count). The summed E-state index contributed by atoms with van der Waals surface area (Å²) in [6.07, 6.45) is 1.20. The Labute approximate surface area is 139 Å². The minimum absolute atomic E-state index is 0.314. The Morgan fingerprint density at radius 1 is 1.04 bits per heavy atom. The van der Waals surface area contributed by atoms with Crippen LogP contribution in [0.2, 0.25) is 5.02 Å². The summed E-state index contributed by atoms with van der Waals surface area (Å²) in [5, 5.41) is 0.634. The molecule has 0 radical (unpaired) electrons. The second-order valence-electron chi connectivity index (χ2n) is 5.13. The van der Waals surface area contributed by atoms with Crippen LogP contribution in [0.1, 0.15) is 27.4 Å². The van der Waals surface area contributed by atoms with E-state index >= 15 is 0 Å². The zero-order chi connectivity index (χ0) is 16.1. The second kappa shape index (κ2) is 7.16. The number of furan rings is 1. The Bertz CT molecular complexity index is 793. The van der Waals surface area contributed by atoms with Crippen molar-refractivity contribution in [2.45, 2.75) is 13.0 Å². The van der Waals surface area contributed by atoms with Crippen molar-refractivity contribution in [3.05, 3.63) is 88.3 Å². The third kappa shape index (κ3) is 4.02. The van der Waals surface area contributed by atoms with E-state index in [4.69, 9.17) is 20.8 Å². The molecule has 1 aromatic heterocycles. The first kappa shape index (κ1) is 15.4. The lowest BCUT2D eigenvalue weighted by atomic mass is 10.1. The third-order valence-corrected chi connectivity index (χ3v) is 3.66. The van der Waals surface area contributed by atoms with Gasteiger partial charge in [0.15, 0.2) is 12.0 Å². The van der Waals surface area contributed by atoms with Crippen LogP contribution in [0.4, 0.5) is 0 Å². The highest BCUT2D eigenvalue weighted by molar-refractivity contribution is 6.30. The number of rotatable bonds is 6. The monoisotopic (exact) mass is 326 g/mol. The van der Waals surface area contributed by atoms with Crippen molar-refractivity contribution in [2.24, 2.45) is 0 Å². The maximum absolute atomic E-state index is 10.7. The molecule has 0 fully saturated rings. The van der Waals surface area contributed by atoms with Gasteiger partial charge in [0.1, 0.15) is 18.1 Å². The van der Waals surface area contributed by atoms with E-state index in [0.717, 1.165) is 16.9 Å². The summed E-state index contributed by atoms with van der Waals surface area (Å²) in [5.41, 5.74) is 2.01. The van der Waals surface area contributed by atoms with Gasteiger partial charge in [-0.15, -0.1) is 0 Å². The number of ether oxygens (including phenoxy) is 1. The number of carbonyl (C=O) groups excluding carboxylic acids is 1. The molecule has 1 heterocycles. The van der Waals surface area contributed by atoms with Gasteiger partial charge in [-0.3, -0.25) is 4.79 Å². The van der Waals surface area contributed by atoms with Crippen molar-refractivity contribution >= 4 is 17.9 Å². The van der Waals surface area contributed by atoms with E-state index in [1.54, 1.807) is 18.2 Å². The van der Waals surface area contributed by atoms with Crippen LogP contribution in [-0.4, -0.2) is 6.29 Å². The molecule has 0 unspecified atom stereocenters. The fourth-order valence-electron chi connectivity index (χ4n) is 2.30.